The minimum Gasteiger partial charge on any atom is -0.360 e. The van der Waals surface area contributed by atoms with Gasteiger partial charge in [-0.3, -0.25) is 4.79 Å². The molecule has 0 unspecified atom stereocenters. The highest BCUT2D eigenvalue weighted by atomic mass is 79.9. The van der Waals surface area contributed by atoms with Gasteiger partial charge in [0.2, 0.25) is 5.91 Å². The van der Waals surface area contributed by atoms with Crippen molar-refractivity contribution in [2.45, 2.75) is 19.0 Å². The Morgan fingerprint density at radius 1 is 1.40 bits per heavy atom. The van der Waals surface area contributed by atoms with Gasteiger partial charge in [-0.05, 0) is 34.8 Å². The summed E-state index contributed by atoms with van der Waals surface area (Å²) in [6.07, 6.45) is -1.38. The topological polar surface area (TPSA) is 45.2 Å². The van der Waals surface area contributed by atoms with Crippen molar-refractivity contribution in [1.29, 1.82) is 0 Å². The van der Waals surface area contributed by atoms with Crippen LogP contribution in [0.15, 0.2) is 16.7 Å². The molecule has 1 N–H and O–H groups in total. The van der Waals surface area contributed by atoms with E-state index < -0.39 is 11.7 Å². The van der Waals surface area contributed by atoms with Crippen molar-refractivity contribution in [2.75, 3.05) is 25.0 Å². The van der Waals surface area contributed by atoms with Gasteiger partial charge in [-0.15, -0.1) is 0 Å². The van der Waals surface area contributed by atoms with Crippen molar-refractivity contribution in [3.63, 3.8) is 0 Å². The van der Waals surface area contributed by atoms with E-state index in [1.54, 1.807) is 4.90 Å². The molecule has 0 radical (unpaired) electrons. The number of nitrogens with zero attached hydrogens (tertiary/aromatic N) is 2. The first kappa shape index (κ1) is 15.1. The van der Waals surface area contributed by atoms with Gasteiger partial charge in [0.1, 0.15) is 5.82 Å². The SMILES string of the molecule is O=C(CNc1ncc(Br)cc1C(F)(F)F)N1CCCC1. The van der Waals surface area contributed by atoms with Crippen molar-refractivity contribution in [3.8, 4) is 0 Å². The second-order valence-electron chi connectivity index (χ2n) is 4.49. The van der Waals surface area contributed by atoms with Gasteiger partial charge in [-0.2, -0.15) is 13.2 Å². The minimum atomic E-state index is -4.52. The van der Waals surface area contributed by atoms with Crippen LogP contribution in [0.3, 0.4) is 0 Å². The first-order chi connectivity index (χ1) is 9.38. The Balaban J connectivity index is 2.07. The van der Waals surface area contributed by atoms with Gasteiger partial charge in [-0.1, -0.05) is 0 Å². The lowest BCUT2D eigenvalue weighted by Gasteiger charge is -2.17. The van der Waals surface area contributed by atoms with Crippen LogP contribution in [0.4, 0.5) is 19.0 Å². The quantitative estimate of drug-likeness (QED) is 0.910. The van der Waals surface area contributed by atoms with Crippen LogP contribution < -0.4 is 5.32 Å². The van der Waals surface area contributed by atoms with Gasteiger partial charge in [0.05, 0.1) is 12.1 Å². The fraction of sp³-hybridized carbons (Fsp3) is 0.500. The molecule has 1 aromatic heterocycles. The van der Waals surface area contributed by atoms with E-state index in [0.29, 0.717) is 13.1 Å². The fourth-order valence-electron chi connectivity index (χ4n) is 2.03. The lowest BCUT2D eigenvalue weighted by Crippen LogP contribution is -2.33. The van der Waals surface area contributed by atoms with Gasteiger partial charge >= 0.3 is 6.18 Å². The molecular formula is C12H13BrF3N3O. The molecule has 110 valence electrons. The number of likely N-dealkylation sites (tertiary alicyclic amines) is 1. The number of carbonyl (C=O) groups is 1. The third-order valence-electron chi connectivity index (χ3n) is 3.03. The van der Waals surface area contributed by atoms with Crippen LogP contribution in [-0.2, 0) is 11.0 Å². The van der Waals surface area contributed by atoms with Gasteiger partial charge in [0.25, 0.3) is 0 Å². The van der Waals surface area contributed by atoms with Gasteiger partial charge in [0, 0.05) is 23.8 Å². The summed E-state index contributed by atoms with van der Waals surface area (Å²) < 4.78 is 38.8. The highest BCUT2D eigenvalue weighted by Crippen LogP contribution is 2.35. The molecule has 1 aliphatic heterocycles. The van der Waals surface area contributed by atoms with Gasteiger partial charge in [-0.25, -0.2) is 4.98 Å². The smallest absolute Gasteiger partial charge is 0.360 e. The molecule has 0 saturated carbocycles. The molecule has 0 bridgehead atoms. The molecule has 2 heterocycles. The zero-order valence-corrected chi connectivity index (χ0v) is 12.1. The summed E-state index contributed by atoms with van der Waals surface area (Å²) >= 11 is 2.96. The molecule has 1 fully saturated rings. The summed E-state index contributed by atoms with van der Waals surface area (Å²) in [5.41, 5.74) is -0.888. The van der Waals surface area contributed by atoms with Crippen molar-refractivity contribution in [2.24, 2.45) is 0 Å². The average molecular weight is 352 g/mol. The van der Waals surface area contributed by atoms with Crippen molar-refractivity contribution in [3.05, 3.63) is 22.3 Å². The number of hydrogen-bond acceptors (Lipinski definition) is 3. The Hall–Kier alpha value is -1.31. The largest absolute Gasteiger partial charge is 0.419 e. The van der Waals surface area contributed by atoms with Crippen LogP contribution in [0.5, 0.6) is 0 Å². The molecule has 2 rings (SSSR count). The third-order valence-corrected chi connectivity index (χ3v) is 3.46. The first-order valence-corrected chi connectivity index (χ1v) is 6.91. The fourth-order valence-corrected chi connectivity index (χ4v) is 2.37. The number of hydrogen-bond donors (Lipinski definition) is 1. The summed E-state index contributed by atoms with van der Waals surface area (Å²) in [5, 5.41) is 2.48. The van der Waals surface area contributed by atoms with E-state index in [-0.39, 0.29) is 22.7 Å². The second kappa shape index (κ2) is 5.99. The highest BCUT2D eigenvalue weighted by Gasteiger charge is 2.34. The van der Waals surface area contributed by atoms with E-state index >= 15 is 0 Å². The number of alkyl halides is 3. The lowest BCUT2D eigenvalue weighted by atomic mass is 10.2. The average Bonchev–Trinajstić information content (AvgIpc) is 2.89. The zero-order valence-electron chi connectivity index (χ0n) is 10.5. The van der Waals surface area contributed by atoms with Crippen LogP contribution in [0.1, 0.15) is 18.4 Å². The number of aromatic nitrogens is 1. The Morgan fingerprint density at radius 2 is 2.05 bits per heavy atom. The van der Waals surface area contributed by atoms with Crippen LogP contribution >= 0.6 is 15.9 Å². The number of pyridine rings is 1. The number of halogens is 4. The summed E-state index contributed by atoms with van der Waals surface area (Å²) in [5.74, 6) is -0.534. The minimum absolute atomic E-state index is 0.183. The summed E-state index contributed by atoms with van der Waals surface area (Å²) in [4.78, 5) is 17.1. The Labute approximate surface area is 122 Å². The molecule has 1 aliphatic rings. The standard InChI is InChI=1S/C12H13BrF3N3O/c13-8-5-9(12(14,15)16)11(17-6-8)18-7-10(20)19-3-1-2-4-19/h5-6H,1-4,7H2,(H,17,18). The molecule has 0 aliphatic carbocycles. The molecule has 4 nitrogen and oxygen atoms in total. The van der Waals surface area contributed by atoms with E-state index in [1.165, 1.54) is 6.20 Å². The number of carbonyl (C=O) groups excluding carboxylic acids is 1. The van der Waals surface area contributed by atoms with E-state index in [4.69, 9.17) is 0 Å². The molecule has 1 aromatic rings. The molecule has 1 saturated heterocycles. The van der Waals surface area contributed by atoms with Crippen molar-refractivity contribution in [1.82, 2.24) is 9.88 Å². The van der Waals surface area contributed by atoms with Crippen LogP contribution in [0.25, 0.3) is 0 Å². The maximum atomic E-state index is 12.9. The maximum Gasteiger partial charge on any atom is 0.419 e. The predicted molar refractivity (Wildman–Crippen MR) is 71.2 cm³/mol. The lowest BCUT2D eigenvalue weighted by molar-refractivity contribution is -0.137. The number of amides is 1. The van der Waals surface area contributed by atoms with Crippen molar-refractivity contribution < 1.29 is 18.0 Å². The Morgan fingerprint density at radius 3 is 2.65 bits per heavy atom. The summed E-state index contributed by atoms with van der Waals surface area (Å²) in [6.45, 7) is 1.15. The zero-order chi connectivity index (χ0) is 14.8. The summed E-state index contributed by atoms with van der Waals surface area (Å²) in [6, 6.07) is 0.940. The molecule has 0 atom stereocenters. The molecular weight excluding hydrogens is 339 g/mol. The maximum absolute atomic E-state index is 12.9. The third kappa shape index (κ3) is 3.62. The van der Waals surface area contributed by atoms with E-state index in [9.17, 15) is 18.0 Å². The molecule has 0 aromatic carbocycles. The van der Waals surface area contributed by atoms with E-state index in [2.05, 4.69) is 26.2 Å². The first-order valence-electron chi connectivity index (χ1n) is 6.12. The predicted octanol–water partition coefficient (Wildman–Crippen LogP) is 2.90. The molecule has 20 heavy (non-hydrogen) atoms. The molecule has 8 heteroatoms. The van der Waals surface area contributed by atoms with E-state index in [0.717, 1.165) is 18.9 Å². The molecule has 0 spiro atoms. The Kier molecular flexibility index (Phi) is 4.52. The van der Waals surface area contributed by atoms with E-state index in [1.807, 2.05) is 0 Å². The van der Waals surface area contributed by atoms with Crippen LogP contribution in [0.2, 0.25) is 0 Å². The van der Waals surface area contributed by atoms with Crippen LogP contribution in [-0.4, -0.2) is 35.4 Å². The summed E-state index contributed by atoms with van der Waals surface area (Å²) in [7, 11) is 0. The highest BCUT2D eigenvalue weighted by molar-refractivity contribution is 9.10. The van der Waals surface area contributed by atoms with Gasteiger partial charge in [0.15, 0.2) is 0 Å². The number of rotatable bonds is 3. The monoisotopic (exact) mass is 351 g/mol. The second-order valence-corrected chi connectivity index (χ2v) is 5.40. The van der Waals surface area contributed by atoms with Gasteiger partial charge < -0.3 is 10.2 Å². The number of nitrogens with one attached hydrogen (secondary N) is 1. The van der Waals surface area contributed by atoms with Crippen LogP contribution in [0, 0.1) is 0 Å². The normalized spacial score (nSPS) is 15.5. The Bertz CT molecular complexity index is 501. The van der Waals surface area contributed by atoms with Crippen molar-refractivity contribution >= 4 is 27.7 Å². The molecule has 1 amide bonds. The number of anilines is 1.